The SMILES string of the molecule is C=CCc1cnc(Cl)nc1N. The molecule has 1 heterocycles. The van der Waals surface area contributed by atoms with Crippen LogP contribution in [-0.2, 0) is 6.42 Å². The highest BCUT2D eigenvalue weighted by Crippen LogP contribution is 2.10. The van der Waals surface area contributed by atoms with Gasteiger partial charge in [-0.05, 0) is 18.0 Å². The Morgan fingerprint density at radius 1 is 1.73 bits per heavy atom. The number of nitrogen functional groups attached to an aromatic ring is 1. The molecule has 58 valence electrons. The molecule has 2 N–H and O–H groups in total. The molecular formula is C7H8ClN3. The van der Waals surface area contributed by atoms with Crippen LogP contribution in [0.5, 0.6) is 0 Å². The third-order valence-electron chi connectivity index (χ3n) is 1.23. The van der Waals surface area contributed by atoms with Crippen molar-refractivity contribution in [1.82, 2.24) is 9.97 Å². The summed E-state index contributed by atoms with van der Waals surface area (Å²) in [5.41, 5.74) is 6.38. The normalized spacial score (nSPS) is 9.55. The minimum Gasteiger partial charge on any atom is -0.383 e. The number of hydrogen-bond donors (Lipinski definition) is 1. The van der Waals surface area contributed by atoms with Gasteiger partial charge in [-0.3, -0.25) is 0 Å². The van der Waals surface area contributed by atoms with Gasteiger partial charge in [0, 0.05) is 11.8 Å². The van der Waals surface area contributed by atoms with Crippen molar-refractivity contribution in [1.29, 1.82) is 0 Å². The maximum atomic E-state index is 5.52. The van der Waals surface area contributed by atoms with E-state index < -0.39 is 0 Å². The van der Waals surface area contributed by atoms with Crippen LogP contribution in [0.3, 0.4) is 0 Å². The summed E-state index contributed by atoms with van der Waals surface area (Å²) in [6.45, 7) is 3.58. The fraction of sp³-hybridized carbons (Fsp3) is 0.143. The number of nitrogens with two attached hydrogens (primary N) is 1. The quantitative estimate of drug-likeness (QED) is 0.539. The third-order valence-corrected chi connectivity index (χ3v) is 1.41. The zero-order chi connectivity index (χ0) is 8.27. The van der Waals surface area contributed by atoms with E-state index in [1.165, 1.54) is 0 Å². The van der Waals surface area contributed by atoms with E-state index in [9.17, 15) is 0 Å². The van der Waals surface area contributed by atoms with E-state index in [1.54, 1.807) is 12.3 Å². The Bertz CT molecular complexity index is 272. The van der Waals surface area contributed by atoms with Crippen molar-refractivity contribution in [3.8, 4) is 0 Å². The van der Waals surface area contributed by atoms with E-state index >= 15 is 0 Å². The summed E-state index contributed by atoms with van der Waals surface area (Å²) < 4.78 is 0. The molecule has 1 rings (SSSR count). The second-order valence-corrected chi connectivity index (χ2v) is 2.38. The number of halogens is 1. The lowest BCUT2D eigenvalue weighted by molar-refractivity contribution is 1.10. The van der Waals surface area contributed by atoms with E-state index in [-0.39, 0.29) is 5.28 Å². The van der Waals surface area contributed by atoms with Crippen molar-refractivity contribution in [3.63, 3.8) is 0 Å². The van der Waals surface area contributed by atoms with Gasteiger partial charge in [-0.15, -0.1) is 6.58 Å². The first kappa shape index (κ1) is 8.01. The summed E-state index contributed by atoms with van der Waals surface area (Å²) >= 11 is 5.49. The molecule has 0 aliphatic heterocycles. The van der Waals surface area contributed by atoms with E-state index in [0.717, 1.165) is 5.56 Å². The van der Waals surface area contributed by atoms with Crippen molar-refractivity contribution in [2.75, 3.05) is 5.73 Å². The molecule has 0 aliphatic rings. The van der Waals surface area contributed by atoms with Gasteiger partial charge in [0.2, 0.25) is 5.28 Å². The lowest BCUT2D eigenvalue weighted by atomic mass is 10.2. The Kier molecular flexibility index (Phi) is 2.44. The Morgan fingerprint density at radius 3 is 3.00 bits per heavy atom. The molecule has 0 atom stereocenters. The first-order valence-corrected chi connectivity index (χ1v) is 3.49. The standard InChI is InChI=1S/C7H8ClN3/c1-2-3-5-4-10-7(8)11-6(5)9/h2,4H,1,3H2,(H2,9,10,11). The van der Waals surface area contributed by atoms with Gasteiger partial charge in [0.05, 0.1) is 0 Å². The first-order chi connectivity index (χ1) is 5.24. The van der Waals surface area contributed by atoms with Crippen LogP contribution in [0.25, 0.3) is 0 Å². The largest absolute Gasteiger partial charge is 0.383 e. The molecule has 1 aromatic heterocycles. The summed E-state index contributed by atoms with van der Waals surface area (Å²) in [5.74, 6) is 0.421. The monoisotopic (exact) mass is 169 g/mol. The van der Waals surface area contributed by atoms with Gasteiger partial charge in [-0.1, -0.05) is 6.08 Å². The maximum Gasteiger partial charge on any atom is 0.224 e. The molecule has 0 saturated carbocycles. The molecule has 4 heteroatoms. The number of anilines is 1. The summed E-state index contributed by atoms with van der Waals surface area (Å²) in [7, 11) is 0. The van der Waals surface area contributed by atoms with Crippen molar-refractivity contribution >= 4 is 17.4 Å². The van der Waals surface area contributed by atoms with Crippen molar-refractivity contribution in [2.45, 2.75) is 6.42 Å². The molecule has 0 radical (unpaired) electrons. The summed E-state index contributed by atoms with van der Waals surface area (Å²) in [5, 5.41) is 0.176. The average Bonchev–Trinajstić information content (AvgIpc) is 1.95. The molecule has 11 heavy (non-hydrogen) atoms. The predicted molar refractivity (Wildman–Crippen MR) is 45.4 cm³/mol. The highest BCUT2D eigenvalue weighted by Gasteiger charge is 1.99. The molecule has 0 bridgehead atoms. The van der Waals surface area contributed by atoms with Gasteiger partial charge in [0.15, 0.2) is 0 Å². The fourth-order valence-corrected chi connectivity index (χ4v) is 0.850. The second-order valence-electron chi connectivity index (χ2n) is 2.04. The average molecular weight is 170 g/mol. The summed E-state index contributed by atoms with van der Waals surface area (Å²) in [4.78, 5) is 7.56. The Labute approximate surface area is 69.9 Å². The first-order valence-electron chi connectivity index (χ1n) is 3.12. The van der Waals surface area contributed by atoms with Crippen LogP contribution in [0, 0.1) is 0 Å². The van der Waals surface area contributed by atoms with E-state index in [2.05, 4.69) is 16.5 Å². The van der Waals surface area contributed by atoms with Crippen LogP contribution in [-0.4, -0.2) is 9.97 Å². The molecule has 0 aliphatic carbocycles. The van der Waals surface area contributed by atoms with Gasteiger partial charge in [0.25, 0.3) is 0 Å². The smallest absolute Gasteiger partial charge is 0.224 e. The molecule has 0 aromatic carbocycles. The van der Waals surface area contributed by atoms with Gasteiger partial charge in [-0.25, -0.2) is 9.97 Å². The van der Waals surface area contributed by atoms with E-state index in [0.29, 0.717) is 12.2 Å². The van der Waals surface area contributed by atoms with Gasteiger partial charge < -0.3 is 5.73 Å². The summed E-state index contributed by atoms with van der Waals surface area (Å²) in [6, 6.07) is 0. The number of aromatic nitrogens is 2. The van der Waals surface area contributed by atoms with E-state index in [4.69, 9.17) is 17.3 Å². The fourth-order valence-electron chi connectivity index (χ4n) is 0.710. The predicted octanol–water partition coefficient (Wildman–Crippen LogP) is 1.44. The van der Waals surface area contributed by atoms with Crippen molar-refractivity contribution in [2.24, 2.45) is 0 Å². The Balaban J connectivity index is 2.98. The molecule has 0 fully saturated rings. The highest BCUT2D eigenvalue weighted by molar-refractivity contribution is 6.28. The van der Waals surface area contributed by atoms with E-state index in [1.807, 2.05) is 0 Å². The topological polar surface area (TPSA) is 51.8 Å². The second kappa shape index (κ2) is 3.34. The molecule has 0 saturated heterocycles. The Morgan fingerprint density at radius 2 is 2.45 bits per heavy atom. The van der Waals surface area contributed by atoms with Crippen LogP contribution in [0.15, 0.2) is 18.9 Å². The van der Waals surface area contributed by atoms with Crippen LogP contribution < -0.4 is 5.73 Å². The van der Waals surface area contributed by atoms with Gasteiger partial charge >= 0.3 is 0 Å². The molecular weight excluding hydrogens is 162 g/mol. The van der Waals surface area contributed by atoms with Crippen molar-refractivity contribution < 1.29 is 0 Å². The molecule has 0 unspecified atom stereocenters. The van der Waals surface area contributed by atoms with Gasteiger partial charge in [-0.2, -0.15) is 0 Å². The molecule has 0 amide bonds. The van der Waals surface area contributed by atoms with Crippen LogP contribution >= 0.6 is 11.6 Å². The highest BCUT2D eigenvalue weighted by atomic mass is 35.5. The van der Waals surface area contributed by atoms with Crippen molar-refractivity contribution in [3.05, 3.63) is 29.7 Å². The Hall–Kier alpha value is -1.09. The lowest BCUT2D eigenvalue weighted by Crippen LogP contribution is -1.98. The zero-order valence-corrected chi connectivity index (χ0v) is 6.67. The molecule has 1 aromatic rings. The van der Waals surface area contributed by atoms with Crippen LogP contribution in [0.2, 0.25) is 5.28 Å². The maximum absolute atomic E-state index is 5.52. The minimum atomic E-state index is 0.176. The zero-order valence-electron chi connectivity index (χ0n) is 5.92. The lowest BCUT2D eigenvalue weighted by Gasteiger charge is -1.99. The van der Waals surface area contributed by atoms with Gasteiger partial charge in [0.1, 0.15) is 5.82 Å². The van der Waals surface area contributed by atoms with Crippen LogP contribution in [0.4, 0.5) is 5.82 Å². The number of allylic oxidation sites excluding steroid dienone is 1. The third kappa shape index (κ3) is 1.91. The number of hydrogen-bond acceptors (Lipinski definition) is 3. The minimum absolute atomic E-state index is 0.176. The summed E-state index contributed by atoms with van der Waals surface area (Å²) in [6.07, 6.45) is 4.01. The number of nitrogens with zero attached hydrogens (tertiary/aromatic N) is 2. The van der Waals surface area contributed by atoms with Crippen LogP contribution in [0.1, 0.15) is 5.56 Å². The molecule has 3 nitrogen and oxygen atoms in total. The number of rotatable bonds is 2. The molecule has 0 spiro atoms.